The fraction of sp³-hybridized carbons (Fsp3) is 0.889. The second-order valence-corrected chi connectivity index (χ2v) is 6.23. The maximum atomic E-state index is 12.5. The van der Waals surface area contributed by atoms with E-state index in [1.807, 2.05) is 0 Å². The predicted octanol–water partition coefficient (Wildman–Crippen LogP) is 1.98. The number of rotatable bonds is 5. The fourth-order valence-corrected chi connectivity index (χ4v) is 3.77. The molecular weight excluding hydrogens is 233 g/mol. The SMILES string of the molecule is CCOP(=O)(OCC)C1(C)CCC(=O)N1O. The van der Waals surface area contributed by atoms with Crippen LogP contribution in [-0.2, 0) is 18.4 Å². The Balaban J connectivity index is 3.02. The van der Waals surface area contributed by atoms with Crippen molar-refractivity contribution in [3.05, 3.63) is 0 Å². The molecule has 7 heteroatoms. The van der Waals surface area contributed by atoms with Crippen LogP contribution in [-0.4, -0.2) is 34.7 Å². The van der Waals surface area contributed by atoms with Gasteiger partial charge in [-0.05, 0) is 27.2 Å². The van der Waals surface area contributed by atoms with Gasteiger partial charge in [-0.2, -0.15) is 0 Å². The molecule has 1 saturated heterocycles. The van der Waals surface area contributed by atoms with E-state index in [0.717, 1.165) is 0 Å². The van der Waals surface area contributed by atoms with E-state index in [0.29, 0.717) is 5.06 Å². The van der Waals surface area contributed by atoms with Crippen molar-refractivity contribution in [3.63, 3.8) is 0 Å². The van der Waals surface area contributed by atoms with Crippen LogP contribution in [0, 0.1) is 0 Å². The Morgan fingerprint density at radius 1 is 1.44 bits per heavy atom. The Kier molecular flexibility index (Phi) is 4.12. The van der Waals surface area contributed by atoms with E-state index in [4.69, 9.17) is 9.05 Å². The Hall–Kier alpha value is -0.420. The first-order valence-electron chi connectivity index (χ1n) is 5.32. The van der Waals surface area contributed by atoms with Crippen molar-refractivity contribution < 1.29 is 23.6 Å². The summed E-state index contributed by atoms with van der Waals surface area (Å²) in [5.74, 6) is -0.456. The number of carbonyl (C=O) groups is 1. The van der Waals surface area contributed by atoms with Crippen LogP contribution >= 0.6 is 7.60 Å². The number of hydrogen-bond donors (Lipinski definition) is 1. The number of nitrogens with zero attached hydrogens (tertiary/aromatic N) is 1. The zero-order valence-electron chi connectivity index (χ0n) is 9.80. The van der Waals surface area contributed by atoms with Gasteiger partial charge in [-0.1, -0.05) is 0 Å². The van der Waals surface area contributed by atoms with Gasteiger partial charge in [-0.25, -0.2) is 5.06 Å². The molecule has 0 aromatic carbocycles. The van der Waals surface area contributed by atoms with Gasteiger partial charge in [0.2, 0.25) is 5.91 Å². The molecule has 1 amide bonds. The van der Waals surface area contributed by atoms with Crippen LogP contribution in [0.1, 0.15) is 33.6 Å². The van der Waals surface area contributed by atoms with Crippen LogP contribution in [0.2, 0.25) is 0 Å². The Labute approximate surface area is 95.0 Å². The minimum Gasteiger partial charge on any atom is -0.307 e. The van der Waals surface area contributed by atoms with Crippen LogP contribution in [0.3, 0.4) is 0 Å². The van der Waals surface area contributed by atoms with Gasteiger partial charge in [0.1, 0.15) is 0 Å². The number of hydroxylamine groups is 2. The highest BCUT2D eigenvalue weighted by Gasteiger charge is 2.57. The van der Waals surface area contributed by atoms with Crippen LogP contribution in [0.5, 0.6) is 0 Å². The molecule has 6 nitrogen and oxygen atoms in total. The number of amides is 1. The summed E-state index contributed by atoms with van der Waals surface area (Å²) in [7, 11) is -3.52. The van der Waals surface area contributed by atoms with Gasteiger partial charge in [-0.15, -0.1) is 0 Å². The van der Waals surface area contributed by atoms with Crippen LogP contribution in [0.15, 0.2) is 0 Å². The molecule has 0 aromatic rings. The molecule has 0 spiro atoms. The lowest BCUT2D eigenvalue weighted by Crippen LogP contribution is -2.41. The zero-order valence-corrected chi connectivity index (χ0v) is 10.7. The highest BCUT2D eigenvalue weighted by molar-refractivity contribution is 7.55. The van der Waals surface area contributed by atoms with Gasteiger partial charge < -0.3 is 9.05 Å². The van der Waals surface area contributed by atoms with E-state index in [2.05, 4.69) is 0 Å². The maximum Gasteiger partial charge on any atom is 0.358 e. The number of hydrogen-bond acceptors (Lipinski definition) is 5. The lowest BCUT2D eigenvalue weighted by Gasteiger charge is -2.35. The summed E-state index contributed by atoms with van der Waals surface area (Å²) in [6.45, 7) is 5.30. The van der Waals surface area contributed by atoms with Crippen molar-refractivity contribution in [2.45, 2.75) is 38.9 Å². The first kappa shape index (κ1) is 13.6. The van der Waals surface area contributed by atoms with Crippen molar-refractivity contribution in [3.8, 4) is 0 Å². The molecule has 0 aromatic heterocycles. The third-order valence-electron chi connectivity index (χ3n) is 2.69. The Morgan fingerprint density at radius 3 is 2.25 bits per heavy atom. The molecule has 0 radical (unpaired) electrons. The normalized spacial score (nSPS) is 26.5. The quantitative estimate of drug-likeness (QED) is 0.597. The van der Waals surface area contributed by atoms with Crippen LogP contribution < -0.4 is 0 Å². The van der Waals surface area contributed by atoms with Crippen LogP contribution in [0.25, 0.3) is 0 Å². The van der Waals surface area contributed by atoms with E-state index in [9.17, 15) is 14.6 Å². The van der Waals surface area contributed by atoms with E-state index < -0.39 is 18.8 Å². The molecule has 94 valence electrons. The molecule has 0 aliphatic carbocycles. The molecule has 16 heavy (non-hydrogen) atoms. The summed E-state index contributed by atoms with van der Waals surface area (Å²) in [6, 6.07) is 0. The molecule has 0 bridgehead atoms. The van der Waals surface area contributed by atoms with Gasteiger partial charge >= 0.3 is 7.60 Å². The van der Waals surface area contributed by atoms with Gasteiger partial charge in [0, 0.05) is 6.42 Å². The van der Waals surface area contributed by atoms with Gasteiger partial charge in [0.25, 0.3) is 0 Å². The highest BCUT2D eigenvalue weighted by atomic mass is 31.2. The van der Waals surface area contributed by atoms with Gasteiger partial charge in [-0.3, -0.25) is 14.6 Å². The molecule has 0 saturated carbocycles. The topological polar surface area (TPSA) is 76.1 Å². The molecule has 1 aliphatic heterocycles. The van der Waals surface area contributed by atoms with Crippen molar-refractivity contribution >= 4 is 13.5 Å². The van der Waals surface area contributed by atoms with Gasteiger partial charge in [0.15, 0.2) is 5.28 Å². The maximum absolute atomic E-state index is 12.5. The molecular formula is C9H18NO5P. The first-order valence-corrected chi connectivity index (χ1v) is 6.86. The summed E-state index contributed by atoms with van der Waals surface area (Å²) in [4.78, 5) is 11.3. The monoisotopic (exact) mass is 251 g/mol. The smallest absolute Gasteiger partial charge is 0.307 e. The minimum absolute atomic E-state index is 0.150. The van der Waals surface area contributed by atoms with Crippen LogP contribution in [0.4, 0.5) is 0 Å². The average Bonchev–Trinajstić information content (AvgIpc) is 2.48. The molecule has 1 rings (SSSR count). The summed E-state index contributed by atoms with van der Waals surface area (Å²) in [5, 5.41) is 8.89. The number of carbonyl (C=O) groups excluding carboxylic acids is 1. The highest BCUT2D eigenvalue weighted by Crippen LogP contribution is 2.64. The second-order valence-electron chi connectivity index (χ2n) is 3.76. The first-order chi connectivity index (χ1) is 7.41. The lowest BCUT2D eigenvalue weighted by molar-refractivity contribution is -0.170. The van der Waals surface area contributed by atoms with Crippen molar-refractivity contribution in [2.24, 2.45) is 0 Å². The molecule has 1 fully saturated rings. The Morgan fingerprint density at radius 2 is 1.94 bits per heavy atom. The summed E-state index contributed by atoms with van der Waals surface area (Å²) < 4.78 is 22.8. The molecule has 1 heterocycles. The predicted molar refractivity (Wildman–Crippen MR) is 57.1 cm³/mol. The zero-order chi connectivity index (χ0) is 12.4. The fourth-order valence-electron chi connectivity index (χ4n) is 1.73. The Bertz CT molecular complexity index is 311. The second kappa shape index (κ2) is 4.84. The van der Waals surface area contributed by atoms with Crippen molar-refractivity contribution in [1.82, 2.24) is 5.06 Å². The van der Waals surface area contributed by atoms with Crippen molar-refractivity contribution in [1.29, 1.82) is 0 Å². The third kappa shape index (κ3) is 2.02. The molecule has 1 atom stereocenters. The van der Waals surface area contributed by atoms with Gasteiger partial charge in [0.05, 0.1) is 13.2 Å². The third-order valence-corrected chi connectivity index (χ3v) is 5.48. The summed E-state index contributed by atoms with van der Waals surface area (Å²) >= 11 is 0. The van der Waals surface area contributed by atoms with E-state index in [1.54, 1.807) is 13.8 Å². The molecule has 1 N–H and O–H groups in total. The van der Waals surface area contributed by atoms with Crippen molar-refractivity contribution in [2.75, 3.05) is 13.2 Å². The summed E-state index contributed by atoms with van der Waals surface area (Å²) in [6.07, 6.45) is 0.413. The minimum atomic E-state index is -3.52. The lowest BCUT2D eigenvalue weighted by atomic mass is 10.2. The van der Waals surface area contributed by atoms with E-state index in [1.165, 1.54) is 6.92 Å². The largest absolute Gasteiger partial charge is 0.358 e. The molecule has 1 unspecified atom stereocenters. The summed E-state index contributed by atoms with van der Waals surface area (Å²) in [5.41, 5.74) is 0. The average molecular weight is 251 g/mol. The molecule has 1 aliphatic rings. The van der Waals surface area contributed by atoms with E-state index in [-0.39, 0.29) is 26.1 Å². The standard InChI is InChI=1S/C9H18NO5P/c1-4-14-16(13,15-5-2)9(3)7-6-8(11)10(9)12/h12H,4-7H2,1-3H3. The van der Waals surface area contributed by atoms with E-state index >= 15 is 0 Å².